The molecule has 0 aromatic carbocycles. The zero-order valence-electron chi connectivity index (χ0n) is 18.3. The molecule has 6 fully saturated rings. The van der Waals surface area contributed by atoms with Crippen molar-refractivity contribution in [3.63, 3.8) is 0 Å². The molecule has 0 radical (unpaired) electrons. The molecule has 5 aliphatic heterocycles. The lowest BCUT2D eigenvalue weighted by Crippen LogP contribution is -2.70. The molecule has 5 heterocycles. The number of carbonyl (C=O) groups is 1. The molecule has 1 saturated carbocycles. The zero-order valence-corrected chi connectivity index (χ0v) is 18.3. The van der Waals surface area contributed by atoms with Gasteiger partial charge in [-0.25, -0.2) is 9.78 Å². The second-order valence-electron chi connectivity index (χ2n) is 9.97. The van der Waals surface area contributed by atoms with E-state index >= 15 is 0 Å². The first kappa shape index (κ1) is 21.1. The molecule has 30 heavy (non-hydrogen) atoms. The van der Waals surface area contributed by atoms with Gasteiger partial charge in [-0.05, 0) is 38.0 Å². The van der Waals surface area contributed by atoms with E-state index < -0.39 is 24.0 Å². The number of rotatable bonds is 4. The Morgan fingerprint density at radius 1 is 1.10 bits per heavy atom. The summed E-state index contributed by atoms with van der Waals surface area (Å²) in [4.78, 5) is 26.8. The monoisotopic (exact) mass is 425 g/mol. The fraction of sp³-hybridized carbons (Fsp3) is 0.955. The van der Waals surface area contributed by atoms with Crippen LogP contribution in [-0.4, -0.2) is 67.7 Å². The number of morpholine rings is 1. The number of fused-ring (bicyclic) bond motifs is 2. The van der Waals surface area contributed by atoms with Crippen molar-refractivity contribution in [2.75, 3.05) is 32.8 Å². The van der Waals surface area contributed by atoms with Gasteiger partial charge in [0.05, 0.1) is 19.6 Å². The second-order valence-corrected chi connectivity index (χ2v) is 9.97. The van der Waals surface area contributed by atoms with Crippen LogP contribution in [0.5, 0.6) is 0 Å². The average Bonchev–Trinajstić information content (AvgIpc) is 2.97. The number of nitrogens with zero attached hydrogens (tertiary/aromatic N) is 1. The van der Waals surface area contributed by atoms with Gasteiger partial charge in [0, 0.05) is 37.9 Å². The van der Waals surface area contributed by atoms with Gasteiger partial charge in [-0.15, -0.1) is 0 Å². The molecule has 6 aliphatic rings. The number of hydrogen-bond acceptors (Lipinski definition) is 8. The van der Waals surface area contributed by atoms with Crippen LogP contribution < -0.4 is 0 Å². The van der Waals surface area contributed by atoms with Gasteiger partial charge in [0.15, 0.2) is 11.9 Å². The Labute approximate surface area is 178 Å². The van der Waals surface area contributed by atoms with Gasteiger partial charge in [0.1, 0.15) is 0 Å². The number of ether oxygens (including phenoxy) is 4. The zero-order chi connectivity index (χ0) is 20.9. The first-order chi connectivity index (χ1) is 14.4. The van der Waals surface area contributed by atoms with Gasteiger partial charge in [0.25, 0.3) is 0 Å². The van der Waals surface area contributed by atoms with Crippen molar-refractivity contribution in [2.24, 2.45) is 23.7 Å². The lowest BCUT2D eigenvalue weighted by Gasteiger charge is -2.59. The topological polar surface area (TPSA) is 75.7 Å². The van der Waals surface area contributed by atoms with Crippen molar-refractivity contribution in [2.45, 2.75) is 76.8 Å². The summed E-state index contributed by atoms with van der Waals surface area (Å²) in [6, 6.07) is 0. The third-order valence-corrected chi connectivity index (χ3v) is 8.08. The van der Waals surface area contributed by atoms with E-state index in [4.69, 9.17) is 28.7 Å². The summed E-state index contributed by atoms with van der Waals surface area (Å²) in [6.45, 7) is 10.2. The van der Waals surface area contributed by atoms with Gasteiger partial charge in [0.2, 0.25) is 12.1 Å². The highest BCUT2D eigenvalue weighted by Crippen LogP contribution is 2.60. The van der Waals surface area contributed by atoms with Gasteiger partial charge in [-0.2, -0.15) is 0 Å². The summed E-state index contributed by atoms with van der Waals surface area (Å²) in [5, 5.41) is 0. The molecule has 6 rings (SSSR count). The fourth-order valence-electron chi connectivity index (χ4n) is 6.27. The SMILES string of the molecule is C[C@H]1[C@H](OC(=O)CCN2CCOCC2)O[C@@H]2O[C@@]3(C)CC[C@H]4[C@H](C)CC[C@@H]1[C@@]24OO3. The van der Waals surface area contributed by atoms with E-state index in [1.807, 2.05) is 6.92 Å². The molecule has 0 aromatic heterocycles. The predicted octanol–water partition coefficient (Wildman–Crippen LogP) is 2.46. The summed E-state index contributed by atoms with van der Waals surface area (Å²) in [7, 11) is 0. The van der Waals surface area contributed by atoms with Crippen molar-refractivity contribution in [3.05, 3.63) is 0 Å². The van der Waals surface area contributed by atoms with E-state index in [2.05, 4.69) is 18.7 Å². The molecule has 5 saturated heterocycles. The molecule has 8 heteroatoms. The first-order valence-electron chi connectivity index (χ1n) is 11.6. The minimum Gasteiger partial charge on any atom is -0.435 e. The minimum absolute atomic E-state index is 0.0123. The highest BCUT2D eigenvalue weighted by atomic mass is 17.3. The maximum atomic E-state index is 12.6. The molecule has 0 N–H and O–H groups in total. The predicted molar refractivity (Wildman–Crippen MR) is 105 cm³/mol. The molecule has 2 bridgehead atoms. The molecule has 1 aliphatic carbocycles. The van der Waals surface area contributed by atoms with Crippen LogP contribution in [0.3, 0.4) is 0 Å². The van der Waals surface area contributed by atoms with E-state index in [0.29, 0.717) is 24.8 Å². The fourth-order valence-corrected chi connectivity index (χ4v) is 6.27. The highest BCUT2D eigenvalue weighted by Gasteiger charge is 2.69. The first-order valence-corrected chi connectivity index (χ1v) is 11.6. The molecular weight excluding hydrogens is 390 g/mol. The van der Waals surface area contributed by atoms with Crippen molar-refractivity contribution in [1.29, 1.82) is 0 Å². The highest BCUT2D eigenvalue weighted by molar-refractivity contribution is 5.69. The second kappa shape index (κ2) is 7.98. The summed E-state index contributed by atoms with van der Waals surface area (Å²) >= 11 is 0. The summed E-state index contributed by atoms with van der Waals surface area (Å²) < 4.78 is 23.8. The molecule has 0 aromatic rings. The molecule has 8 atom stereocenters. The lowest BCUT2D eigenvalue weighted by atomic mass is 9.58. The van der Waals surface area contributed by atoms with E-state index in [-0.39, 0.29) is 17.8 Å². The van der Waals surface area contributed by atoms with Crippen molar-refractivity contribution < 1.29 is 33.5 Å². The van der Waals surface area contributed by atoms with Gasteiger partial charge in [-0.1, -0.05) is 13.8 Å². The van der Waals surface area contributed by atoms with E-state index in [9.17, 15) is 4.79 Å². The van der Waals surface area contributed by atoms with E-state index in [1.54, 1.807) is 0 Å². The van der Waals surface area contributed by atoms with Crippen LogP contribution in [0.4, 0.5) is 0 Å². The number of hydrogen-bond donors (Lipinski definition) is 0. The Balaban J connectivity index is 1.29. The average molecular weight is 426 g/mol. The van der Waals surface area contributed by atoms with Crippen molar-refractivity contribution in [3.8, 4) is 0 Å². The van der Waals surface area contributed by atoms with Crippen LogP contribution in [0.25, 0.3) is 0 Å². The summed E-state index contributed by atoms with van der Waals surface area (Å²) in [6.07, 6.45) is 3.04. The van der Waals surface area contributed by atoms with Crippen molar-refractivity contribution in [1.82, 2.24) is 4.90 Å². The normalized spacial score (nSPS) is 48.6. The number of carbonyl (C=O) groups excluding carboxylic acids is 1. The third-order valence-electron chi connectivity index (χ3n) is 8.08. The smallest absolute Gasteiger partial charge is 0.309 e. The summed E-state index contributed by atoms with van der Waals surface area (Å²) in [5.74, 6) is -0.0402. The molecule has 0 amide bonds. The lowest BCUT2D eigenvalue weighted by molar-refractivity contribution is -0.576. The Morgan fingerprint density at radius 2 is 1.90 bits per heavy atom. The van der Waals surface area contributed by atoms with Crippen molar-refractivity contribution >= 4 is 5.97 Å². The standard InChI is InChI=1S/C22H35NO7/c1-14-4-5-17-15(2)19(26-18(24)7-9-23-10-12-25-13-11-23)27-20-22(17)16(14)6-8-21(3,28-20)29-30-22/h14-17,19-20H,4-13H2,1-3H3/t14-,15-,16+,17+,19-,20-,21-,22-/m1/s1. The maximum absolute atomic E-state index is 12.6. The molecule has 0 unspecified atom stereocenters. The van der Waals surface area contributed by atoms with Crippen LogP contribution >= 0.6 is 0 Å². The summed E-state index contributed by atoms with van der Waals surface area (Å²) in [5.41, 5.74) is -0.621. The molecular formula is C22H35NO7. The van der Waals surface area contributed by atoms with Crippen LogP contribution in [0.15, 0.2) is 0 Å². The maximum Gasteiger partial charge on any atom is 0.309 e. The van der Waals surface area contributed by atoms with Crippen LogP contribution in [-0.2, 0) is 33.5 Å². The van der Waals surface area contributed by atoms with Gasteiger partial charge in [-0.3, -0.25) is 9.69 Å². The molecule has 1 spiro atoms. The van der Waals surface area contributed by atoms with E-state index in [0.717, 1.165) is 52.0 Å². The minimum atomic E-state index is -0.816. The Kier molecular flexibility index (Phi) is 5.61. The largest absolute Gasteiger partial charge is 0.435 e. The van der Waals surface area contributed by atoms with E-state index in [1.165, 1.54) is 0 Å². The Morgan fingerprint density at radius 3 is 2.70 bits per heavy atom. The molecule has 8 nitrogen and oxygen atoms in total. The van der Waals surface area contributed by atoms with Gasteiger partial charge < -0.3 is 18.9 Å². The van der Waals surface area contributed by atoms with Crippen LogP contribution in [0.1, 0.15) is 52.9 Å². The van der Waals surface area contributed by atoms with Crippen LogP contribution in [0, 0.1) is 23.7 Å². The Hall–Kier alpha value is -0.770. The Bertz CT molecular complexity index is 655. The quantitative estimate of drug-likeness (QED) is 0.502. The number of esters is 1. The third kappa shape index (κ3) is 3.49. The van der Waals surface area contributed by atoms with Crippen LogP contribution in [0.2, 0.25) is 0 Å². The molecule has 170 valence electrons. The van der Waals surface area contributed by atoms with Gasteiger partial charge >= 0.3 is 5.97 Å².